The van der Waals surface area contributed by atoms with Gasteiger partial charge in [-0.25, -0.2) is 9.18 Å². The van der Waals surface area contributed by atoms with Gasteiger partial charge in [0.15, 0.2) is 0 Å². The van der Waals surface area contributed by atoms with E-state index in [0.29, 0.717) is 29.5 Å². The molecule has 24 heavy (non-hydrogen) atoms. The van der Waals surface area contributed by atoms with E-state index in [-0.39, 0.29) is 11.3 Å². The predicted molar refractivity (Wildman–Crippen MR) is 94.0 cm³/mol. The molecule has 0 unspecified atom stereocenters. The normalized spacial score (nSPS) is 10.3. The molecule has 6 N–H and O–H groups in total. The molecule has 8 heteroatoms. The fourth-order valence-electron chi connectivity index (χ4n) is 2.10. The van der Waals surface area contributed by atoms with Crippen LogP contribution in [0.25, 0.3) is 0 Å². The van der Waals surface area contributed by atoms with Gasteiger partial charge in [-0.15, -0.1) is 0 Å². The highest BCUT2D eigenvalue weighted by Gasteiger charge is 2.11. The number of rotatable bonds is 6. The van der Waals surface area contributed by atoms with Crippen LogP contribution < -0.4 is 21.7 Å². The van der Waals surface area contributed by atoms with Crippen molar-refractivity contribution in [2.45, 2.75) is 6.61 Å². The summed E-state index contributed by atoms with van der Waals surface area (Å²) >= 11 is 6.02. The first kappa shape index (κ1) is 18.0. The van der Waals surface area contributed by atoms with Crippen molar-refractivity contribution in [1.82, 2.24) is 0 Å². The number of aliphatic hydroxyl groups is 1. The van der Waals surface area contributed by atoms with E-state index < -0.39 is 18.5 Å². The van der Waals surface area contributed by atoms with Crippen molar-refractivity contribution < 1.29 is 14.3 Å². The lowest BCUT2D eigenvalue weighted by Crippen LogP contribution is -2.21. The minimum absolute atomic E-state index is 0.0176. The van der Waals surface area contributed by atoms with Gasteiger partial charge in [0.25, 0.3) is 0 Å². The summed E-state index contributed by atoms with van der Waals surface area (Å²) < 4.78 is 13.6. The smallest absolute Gasteiger partial charge is 0.323 e. The van der Waals surface area contributed by atoms with Gasteiger partial charge in [-0.1, -0.05) is 17.7 Å². The van der Waals surface area contributed by atoms with Crippen molar-refractivity contribution in [3.8, 4) is 0 Å². The maximum Gasteiger partial charge on any atom is 0.323 e. The summed E-state index contributed by atoms with van der Waals surface area (Å²) in [6.07, 6.45) is 0. The topological polar surface area (TPSA) is 99.4 Å². The summed E-state index contributed by atoms with van der Waals surface area (Å²) in [5.74, 6) is -0.591. The van der Waals surface area contributed by atoms with E-state index in [4.69, 9.17) is 17.3 Å². The summed E-state index contributed by atoms with van der Waals surface area (Å²) in [4.78, 5) is 12.1. The maximum absolute atomic E-state index is 13.6. The Hall–Kier alpha value is -2.35. The molecule has 0 heterocycles. The lowest BCUT2D eigenvalue weighted by molar-refractivity contribution is 0.261. The molecule has 0 spiro atoms. The number of hydrogen-bond acceptors (Lipinski definition) is 4. The van der Waals surface area contributed by atoms with Crippen LogP contribution in [0.5, 0.6) is 0 Å². The second kappa shape index (κ2) is 8.49. The fraction of sp³-hybridized carbons (Fsp3) is 0.188. The molecule has 0 aliphatic rings. The van der Waals surface area contributed by atoms with Gasteiger partial charge in [0, 0.05) is 35.1 Å². The largest absolute Gasteiger partial charge is 0.391 e. The van der Waals surface area contributed by atoms with Crippen LogP contribution in [-0.4, -0.2) is 24.2 Å². The molecule has 0 bridgehead atoms. The SMILES string of the molecule is NCCNc1cc(Cl)cc(NC(=O)Nc2cccc(F)c2CO)c1. The van der Waals surface area contributed by atoms with Gasteiger partial charge in [0.1, 0.15) is 5.82 Å². The molecule has 2 rings (SSSR count). The van der Waals surface area contributed by atoms with Gasteiger partial charge >= 0.3 is 6.03 Å². The minimum Gasteiger partial charge on any atom is -0.391 e. The van der Waals surface area contributed by atoms with E-state index in [1.165, 1.54) is 18.2 Å². The van der Waals surface area contributed by atoms with E-state index in [9.17, 15) is 14.3 Å². The number of amides is 2. The van der Waals surface area contributed by atoms with Crippen LogP contribution in [0, 0.1) is 5.82 Å². The van der Waals surface area contributed by atoms with Crippen molar-refractivity contribution in [3.63, 3.8) is 0 Å². The summed E-state index contributed by atoms with van der Waals surface area (Å²) in [7, 11) is 0. The number of hydrogen-bond donors (Lipinski definition) is 5. The van der Waals surface area contributed by atoms with Gasteiger partial charge in [-0.3, -0.25) is 0 Å². The third kappa shape index (κ3) is 4.82. The lowest BCUT2D eigenvalue weighted by atomic mass is 10.2. The standard InChI is InChI=1S/C16H18ClFN4O2/c17-10-6-11(20-5-4-19)8-12(7-10)21-16(24)22-15-3-1-2-14(18)13(15)9-23/h1-3,6-8,20,23H,4-5,9,19H2,(H2,21,22,24). The Morgan fingerprint density at radius 1 is 1.21 bits per heavy atom. The minimum atomic E-state index is -0.591. The van der Waals surface area contributed by atoms with Crippen molar-refractivity contribution in [1.29, 1.82) is 0 Å². The molecule has 0 aliphatic heterocycles. The second-order valence-electron chi connectivity index (χ2n) is 4.95. The monoisotopic (exact) mass is 352 g/mol. The molecule has 2 aromatic rings. The Morgan fingerprint density at radius 2 is 1.96 bits per heavy atom. The zero-order valence-electron chi connectivity index (χ0n) is 12.8. The van der Waals surface area contributed by atoms with E-state index >= 15 is 0 Å². The van der Waals surface area contributed by atoms with Gasteiger partial charge < -0.3 is 26.8 Å². The third-order valence-corrected chi connectivity index (χ3v) is 3.37. The van der Waals surface area contributed by atoms with Crippen molar-refractivity contribution >= 4 is 34.7 Å². The first-order valence-corrected chi connectivity index (χ1v) is 7.62. The number of aliphatic hydroxyl groups excluding tert-OH is 1. The van der Waals surface area contributed by atoms with Gasteiger partial charge in [0.05, 0.1) is 12.3 Å². The number of carbonyl (C=O) groups is 1. The first-order valence-electron chi connectivity index (χ1n) is 7.24. The Labute approximate surface area is 143 Å². The van der Waals surface area contributed by atoms with Crippen LogP contribution in [-0.2, 0) is 6.61 Å². The van der Waals surface area contributed by atoms with Crippen molar-refractivity contribution in [2.75, 3.05) is 29.0 Å². The zero-order chi connectivity index (χ0) is 17.5. The summed E-state index contributed by atoms with van der Waals surface area (Å²) in [6.45, 7) is 0.501. The number of nitrogens with two attached hydrogens (primary N) is 1. The Balaban J connectivity index is 2.10. The maximum atomic E-state index is 13.6. The third-order valence-electron chi connectivity index (χ3n) is 3.15. The summed E-state index contributed by atoms with van der Waals surface area (Å²) in [5.41, 5.74) is 6.82. The van der Waals surface area contributed by atoms with Crippen molar-refractivity contribution in [2.24, 2.45) is 5.73 Å². The zero-order valence-corrected chi connectivity index (χ0v) is 13.5. The van der Waals surface area contributed by atoms with E-state index in [1.54, 1.807) is 18.2 Å². The van der Waals surface area contributed by atoms with Crippen LogP contribution in [0.4, 0.5) is 26.2 Å². The molecule has 0 atom stereocenters. The van der Waals surface area contributed by atoms with Crippen LogP contribution >= 0.6 is 11.6 Å². The first-order chi connectivity index (χ1) is 11.5. The molecular weight excluding hydrogens is 335 g/mol. The average molecular weight is 353 g/mol. The highest BCUT2D eigenvalue weighted by molar-refractivity contribution is 6.31. The molecule has 0 saturated heterocycles. The van der Waals surface area contributed by atoms with E-state index in [0.717, 1.165) is 0 Å². The molecule has 0 fully saturated rings. The number of anilines is 3. The van der Waals surface area contributed by atoms with Gasteiger partial charge in [-0.05, 0) is 30.3 Å². The molecule has 2 aromatic carbocycles. The average Bonchev–Trinajstić information content (AvgIpc) is 2.52. The Bertz CT molecular complexity index is 727. The molecule has 0 saturated carbocycles. The molecular formula is C16H18ClFN4O2. The highest BCUT2D eigenvalue weighted by Crippen LogP contribution is 2.23. The van der Waals surface area contributed by atoms with Gasteiger partial charge in [0.2, 0.25) is 0 Å². The molecule has 0 aliphatic carbocycles. The number of halogens is 2. The van der Waals surface area contributed by atoms with Crippen LogP contribution in [0.1, 0.15) is 5.56 Å². The molecule has 0 aromatic heterocycles. The predicted octanol–water partition coefficient (Wildman–Crippen LogP) is 2.99. The fourth-order valence-corrected chi connectivity index (χ4v) is 2.34. The number of urea groups is 1. The van der Waals surface area contributed by atoms with Crippen LogP contribution in [0.15, 0.2) is 36.4 Å². The van der Waals surface area contributed by atoms with Crippen molar-refractivity contribution in [3.05, 3.63) is 52.8 Å². The quantitative estimate of drug-likeness (QED) is 0.552. The van der Waals surface area contributed by atoms with Gasteiger partial charge in [-0.2, -0.15) is 0 Å². The summed E-state index contributed by atoms with van der Waals surface area (Å²) in [6, 6.07) is 8.55. The molecule has 6 nitrogen and oxygen atoms in total. The van der Waals surface area contributed by atoms with E-state index in [1.807, 2.05) is 0 Å². The number of benzene rings is 2. The lowest BCUT2D eigenvalue weighted by Gasteiger charge is -2.13. The Kier molecular flexibility index (Phi) is 6.36. The van der Waals surface area contributed by atoms with Crippen LogP contribution in [0.3, 0.4) is 0 Å². The summed E-state index contributed by atoms with van der Waals surface area (Å²) in [5, 5.41) is 17.8. The molecule has 128 valence electrons. The highest BCUT2D eigenvalue weighted by atomic mass is 35.5. The van der Waals surface area contributed by atoms with E-state index in [2.05, 4.69) is 16.0 Å². The molecule has 0 radical (unpaired) electrons. The second-order valence-corrected chi connectivity index (χ2v) is 5.38. The number of nitrogens with one attached hydrogen (secondary N) is 3. The molecule has 2 amide bonds. The Morgan fingerprint density at radius 3 is 2.67 bits per heavy atom. The number of carbonyl (C=O) groups excluding carboxylic acids is 1. The van der Waals surface area contributed by atoms with Crippen LogP contribution in [0.2, 0.25) is 5.02 Å².